The van der Waals surface area contributed by atoms with E-state index in [1.807, 2.05) is 6.26 Å². The summed E-state index contributed by atoms with van der Waals surface area (Å²) in [6.45, 7) is 10.2. The summed E-state index contributed by atoms with van der Waals surface area (Å²) in [5, 5.41) is 68.3. The number of carboxylic acids is 2. The number of H-pyrrole nitrogens is 1. The zero-order valence-corrected chi connectivity index (χ0v) is 57.3. The molecule has 98 heavy (non-hydrogen) atoms. The third kappa shape index (κ3) is 31.9. The van der Waals surface area contributed by atoms with Crippen molar-refractivity contribution in [2.75, 3.05) is 38.2 Å². The van der Waals surface area contributed by atoms with Gasteiger partial charge in [-0.3, -0.25) is 67.3 Å². The van der Waals surface area contributed by atoms with Gasteiger partial charge in [-0.05, 0) is 93.4 Å². The van der Waals surface area contributed by atoms with E-state index in [1.54, 1.807) is 41.5 Å². The molecule has 0 fully saturated rings. The highest BCUT2D eigenvalue weighted by molar-refractivity contribution is 7.98. The van der Waals surface area contributed by atoms with Crippen molar-refractivity contribution < 1.29 is 87.5 Å². The number of phenols is 1. The van der Waals surface area contributed by atoms with E-state index in [0.717, 1.165) is 6.92 Å². The van der Waals surface area contributed by atoms with Gasteiger partial charge >= 0.3 is 11.9 Å². The number of hydrogen-bond acceptors (Lipinski definition) is 20. The highest BCUT2D eigenvalue weighted by Crippen LogP contribution is 2.16. The molecule has 0 bridgehead atoms. The maximum absolute atomic E-state index is 14.6. The Kier molecular flexibility index (Phi) is 37.5. The molecule has 2 rings (SSSR count). The van der Waals surface area contributed by atoms with Gasteiger partial charge in [-0.2, -0.15) is 11.8 Å². The quantitative estimate of drug-likeness (QED) is 0.0167. The van der Waals surface area contributed by atoms with Crippen LogP contribution in [-0.4, -0.2) is 224 Å². The second-order valence-electron chi connectivity index (χ2n) is 24.1. The summed E-state index contributed by atoms with van der Waals surface area (Å²) in [4.78, 5) is 197. The van der Waals surface area contributed by atoms with E-state index in [9.17, 15) is 87.5 Å². The molecule has 36 nitrogen and oxygen atoms in total. The maximum Gasteiger partial charge on any atom is 0.328 e. The third-order valence-electron chi connectivity index (χ3n) is 15.0. The fourth-order valence-electron chi connectivity index (χ4n) is 9.23. The molecule has 0 radical (unpaired) electrons. The largest absolute Gasteiger partial charge is 0.508 e. The van der Waals surface area contributed by atoms with Crippen LogP contribution < -0.4 is 81.0 Å². The number of benzene rings is 1. The van der Waals surface area contributed by atoms with Gasteiger partial charge in [0.15, 0.2) is 12.0 Å². The van der Waals surface area contributed by atoms with Crippen LogP contribution in [0.3, 0.4) is 0 Å². The number of hydrogen-bond donors (Lipinski definition) is 20. The summed E-state index contributed by atoms with van der Waals surface area (Å²) in [7, 11) is 0. The Labute approximate surface area is 571 Å². The van der Waals surface area contributed by atoms with Gasteiger partial charge in [0.25, 0.3) is 0 Å². The Morgan fingerprint density at radius 2 is 1.11 bits per heavy atom. The van der Waals surface area contributed by atoms with E-state index in [1.165, 1.54) is 55.5 Å². The standard InChI is InChI=1S/C61H98N18O18S/c1-10-32(6)49(77-46(84)27-67-44(82)26-69-58(94)48(31(4)5)78-56(92)41(19-21-98-9)72-52(88)38(62)24-36-25-65-29-70-36)59(95)76-43(23-35-13-15-37(81)16-14-35)57(93)73-39(12-11-20-66-61(63)64)54(90)74-40(17-18-47(85)86)55(91)75-42(22-30(2)3)53(89)68-28-45(83)71-33(7)51(87)79-50(34(8)80)60(96)97/h13-16,25,29-34,38-43,48-50,80-81H,10-12,17-24,26-28,62H2,1-9H3,(H,65,70)(H,67,82)(H,68,89)(H,69,94)(H,71,83)(H,72,88)(H,73,93)(H,74,90)(H,75,91)(H,76,95)(H,77,84)(H,78,92)(H,79,87)(H,85,86)(H,96,97)(H4,63,64,66)/t32-,33-,34+,38-,39-,40-,41-,42-,43-,48-,49-,50-/m0/s1. The normalized spacial score (nSPS) is 14.7. The summed E-state index contributed by atoms with van der Waals surface area (Å²) < 4.78 is 0. The number of thioether (sulfide) groups is 1. The second kappa shape index (κ2) is 43.5. The molecule has 1 aromatic carbocycles. The summed E-state index contributed by atoms with van der Waals surface area (Å²) in [5.74, 6) is -14.9. The van der Waals surface area contributed by atoms with Crippen LogP contribution >= 0.6 is 11.8 Å². The molecule has 0 aliphatic heterocycles. The van der Waals surface area contributed by atoms with E-state index in [4.69, 9.17) is 17.2 Å². The number of amides is 12. The Hall–Kier alpha value is -9.65. The molecule has 37 heteroatoms. The SMILES string of the molecule is CC[C@H](C)[C@H](NC(=O)CNC(=O)CNC(=O)[C@@H](NC(=O)[C@H](CCSC)NC(=O)[C@@H](N)Cc1cnc[nH]1)C(C)C)C(=O)N[C@@H](Cc1ccc(O)cc1)C(=O)N[C@@H](CCCN=C(N)N)C(=O)N[C@@H](CCC(=O)O)C(=O)N[C@@H](CC(C)C)C(=O)NCC(=O)N[C@@H](C)C(=O)N[C@H](C(=O)O)[C@@H](C)O. The molecule has 1 aromatic heterocycles. The number of carboxylic acid groups (broad SMARTS) is 2. The van der Waals surface area contributed by atoms with Crippen LogP contribution in [0.4, 0.5) is 0 Å². The van der Waals surface area contributed by atoms with Crippen molar-refractivity contribution in [1.82, 2.24) is 73.8 Å². The topological polar surface area (TPSA) is 583 Å². The predicted molar refractivity (Wildman–Crippen MR) is 357 cm³/mol. The minimum absolute atomic E-state index is 0.00364. The molecule has 546 valence electrons. The number of aliphatic hydroxyl groups excluding tert-OH is 1. The van der Waals surface area contributed by atoms with Gasteiger partial charge in [0.05, 0.1) is 38.1 Å². The van der Waals surface area contributed by atoms with Crippen LogP contribution in [0.2, 0.25) is 0 Å². The summed E-state index contributed by atoms with van der Waals surface area (Å²) in [6, 6.07) is -8.45. The van der Waals surface area contributed by atoms with Gasteiger partial charge in [0.1, 0.15) is 54.1 Å². The van der Waals surface area contributed by atoms with E-state index in [2.05, 4.69) is 78.8 Å². The molecular formula is C61H98N18O18S. The lowest BCUT2D eigenvalue weighted by Crippen LogP contribution is -2.60. The molecule has 2 aromatic rings. The van der Waals surface area contributed by atoms with Gasteiger partial charge in [-0.25, -0.2) is 9.78 Å². The van der Waals surface area contributed by atoms with E-state index in [0.29, 0.717) is 17.0 Å². The number of rotatable bonds is 45. The third-order valence-corrected chi connectivity index (χ3v) is 15.6. The Bertz CT molecular complexity index is 3040. The van der Waals surface area contributed by atoms with Crippen molar-refractivity contribution in [3.63, 3.8) is 0 Å². The number of guanidine groups is 1. The van der Waals surface area contributed by atoms with Crippen molar-refractivity contribution in [3.8, 4) is 5.75 Å². The molecule has 0 saturated heterocycles. The fraction of sp³-hybridized carbons (Fsp3) is 0.607. The van der Waals surface area contributed by atoms with Crippen molar-refractivity contribution in [2.24, 2.45) is 39.9 Å². The summed E-state index contributed by atoms with van der Waals surface area (Å²) in [6.07, 6.45) is 2.00. The number of aliphatic hydroxyl groups is 1. The van der Waals surface area contributed by atoms with Gasteiger partial charge in [-0.1, -0.05) is 60.1 Å². The molecule has 12 atom stereocenters. The number of aliphatic carboxylic acids is 2. The minimum atomic E-state index is -1.70. The first kappa shape index (κ1) is 84.4. The number of aromatic hydroxyl groups is 1. The van der Waals surface area contributed by atoms with Crippen LogP contribution in [-0.2, 0) is 80.0 Å². The monoisotopic (exact) mass is 1400 g/mol. The Morgan fingerprint density at radius 3 is 1.66 bits per heavy atom. The minimum Gasteiger partial charge on any atom is -0.508 e. The highest BCUT2D eigenvalue weighted by atomic mass is 32.2. The number of aliphatic imine (C=N–C) groups is 1. The number of carbonyl (C=O) groups excluding carboxylic acids is 12. The molecule has 1 heterocycles. The zero-order chi connectivity index (χ0) is 73.9. The zero-order valence-electron chi connectivity index (χ0n) is 56.5. The number of aromatic amines is 1. The van der Waals surface area contributed by atoms with E-state index >= 15 is 0 Å². The lowest BCUT2D eigenvalue weighted by molar-refractivity contribution is -0.145. The van der Waals surface area contributed by atoms with Gasteiger partial charge in [0, 0.05) is 37.7 Å². The first-order valence-corrected chi connectivity index (χ1v) is 33.2. The number of imidazole rings is 1. The number of carbonyl (C=O) groups is 14. The predicted octanol–water partition coefficient (Wildman–Crippen LogP) is -5.16. The van der Waals surface area contributed by atoms with Gasteiger partial charge in [0.2, 0.25) is 70.9 Å². The molecule has 0 aliphatic carbocycles. The highest BCUT2D eigenvalue weighted by Gasteiger charge is 2.36. The maximum atomic E-state index is 14.6. The number of phenolic OH excluding ortho intramolecular Hbond substituents is 1. The Morgan fingerprint density at radius 1 is 0.582 bits per heavy atom. The first-order valence-electron chi connectivity index (χ1n) is 31.8. The molecule has 0 aliphatic rings. The molecule has 0 unspecified atom stereocenters. The molecule has 23 N–H and O–H groups in total. The number of nitrogens with one attached hydrogen (secondary N) is 13. The average Bonchev–Trinajstić information content (AvgIpc) is 0.888. The molecule has 12 amide bonds. The van der Waals surface area contributed by atoms with Crippen molar-refractivity contribution in [2.45, 2.75) is 180 Å². The lowest BCUT2D eigenvalue weighted by Gasteiger charge is -2.28. The molecular weight excluding hydrogens is 1300 g/mol. The van der Waals surface area contributed by atoms with E-state index in [-0.39, 0.29) is 69.1 Å². The number of nitrogens with two attached hydrogens (primary N) is 3. The summed E-state index contributed by atoms with van der Waals surface area (Å²) >= 11 is 1.43. The van der Waals surface area contributed by atoms with Gasteiger partial charge < -0.3 is 106 Å². The van der Waals surface area contributed by atoms with Gasteiger partial charge in [-0.15, -0.1) is 0 Å². The van der Waals surface area contributed by atoms with Crippen molar-refractivity contribution in [3.05, 3.63) is 48.0 Å². The van der Waals surface area contributed by atoms with E-state index < -0.39 is 194 Å². The molecule has 0 saturated carbocycles. The number of aromatic nitrogens is 2. The lowest BCUT2D eigenvalue weighted by atomic mass is 9.97. The second-order valence-corrected chi connectivity index (χ2v) is 25.1. The molecule has 0 spiro atoms. The number of nitrogens with zero attached hydrogens (tertiary/aromatic N) is 2. The van der Waals surface area contributed by atoms with Crippen LogP contribution in [0, 0.1) is 17.8 Å². The van der Waals surface area contributed by atoms with Crippen LogP contribution in [0.5, 0.6) is 5.75 Å². The van der Waals surface area contributed by atoms with Crippen LogP contribution in [0.15, 0.2) is 41.8 Å². The smallest absolute Gasteiger partial charge is 0.328 e. The average molecular weight is 1400 g/mol. The van der Waals surface area contributed by atoms with Crippen molar-refractivity contribution in [1.29, 1.82) is 0 Å². The summed E-state index contributed by atoms with van der Waals surface area (Å²) in [5.41, 5.74) is 18.2. The fourth-order valence-corrected chi connectivity index (χ4v) is 9.70. The Balaban J connectivity index is 2.35. The van der Waals surface area contributed by atoms with Crippen molar-refractivity contribution >= 4 is 101 Å². The van der Waals surface area contributed by atoms with Crippen LogP contribution in [0.1, 0.15) is 112 Å². The van der Waals surface area contributed by atoms with Crippen LogP contribution in [0.25, 0.3) is 0 Å². The first-order chi connectivity index (χ1) is 46.1.